The summed E-state index contributed by atoms with van der Waals surface area (Å²) in [4.78, 5) is 6.04. The Morgan fingerprint density at radius 3 is 2.37 bits per heavy atom. The van der Waals surface area contributed by atoms with Crippen molar-refractivity contribution in [2.24, 2.45) is 4.99 Å². The quantitative estimate of drug-likeness (QED) is 0.367. The maximum atomic E-state index is 13.7. The summed E-state index contributed by atoms with van der Waals surface area (Å²) in [5.74, 6) is -0.833. The average Bonchev–Trinajstić information content (AvgIpc) is 2.60. The number of hydrogen-bond acceptors (Lipinski definition) is 2. The fourth-order valence-corrected chi connectivity index (χ4v) is 2.58. The zero-order valence-corrected chi connectivity index (χ0v) is 17.8. The van der Waals surface area contributed by atoms with E-state index >= 15 is 0 Å². The van der Waals surface area contributed by atoms with Crippen molar-refractivity contribution in [3.05, 3.63) is 71.0 Å². The van der Waals surface area contributed by atoms with Crippen molar-refractivity contribution < 1.29 is 13.2 Å². The van der Waals surface area contributed by atoms with Gasteiger partial charge in [-0.25, -0.2) is 13.2 Å². The van der Waals surface area contributed by atoms with Crippen LogP contribution in [0.15, 0.2) is 47.5 Å². The van der Waals surface area contributed by atoms with Gasteiger partial charge in [-0.15, -0.1) is 24.0 Å². The third kappa shape index (κ3) is 7.02. The lowest BCUT2D eigenvalue weighted by atomic mass is 10.1. The van der Waals surface area contributed by atoms with Crippen molar-refractivity contribution in [3.63, 3.8) is 0 Å². The molecule has 0 heterocycles. The number of guanidine groups is 1. The lowest BCUT2D eigenvalue weighted by molar-refractivity contribution is 0.297. The van der Waals surface area contributed by atoms with Gasteiger partial charge < -0.3 is 15.5 Å². The van der Waals surface area contributed by atoms with Crippen molar-refractivity contribution in [2.75, 3.05) is 27.7 Å². The highest BCUT2D eigenvalue weighted by atomic mass is 127. The summed E-state index contributed by atoms with van der Waals surface area (Å²) in [5, 5.41) is 6.08. The second kappa shape index (κ2) is 11.1. The molecule has 2 aromatic carbocycles. The summed E-state index contributed by atoms with van der Waals surface area (Å²) in [7, 11) is 5.38. The van der Waals surface area contributed by atoms with Gasteiger partial charge in [-0.3, -0.25) is 4.99 Å². The highest BCUT2D eigenvalue weighted by molar-refractivity contribution is 14.0. The number of likely N-dealkylation sites (N-methyl/N-ethyl adjacent to an activating group) is 1. The molecule has 148 valence electrons. The van der Waals surface area contributed by atoms with Crippen LogP contribution >= 0.6 is 24.0 Å². The van der Waals surface area contributed by atoms with E-state index in [-0.39, 0.29) is 47.9 Å². The molecule has 0 fully saturated rings. The van der Waals surface area contributed by atoms with Gasteiger partial charge in [0.2, 0.25) is 0 Å². The second-order valence-corrected chi connectivity index (χ2v) is 6.08. The number of hydrogen-bond donors (Lipinski definition) is 2. The molecule has 2 N–H and O–H groups in total. The van der Waals surface area contributed by atoms with E-state index in [1.807, 2.05) is 25.1 Å². The third-order valence-electron chi connectivity index (χ3n) is 4.00. The number of nitrogens with one attached hydrogen (secondary N) is 2. The molecular weight excluding hydrogens is 468 g/mol. The Hall–Kier alpha value is -1.81. The molecule has 1 atom stereocenters. The Kier molecular flexibility index (Phi) is 9.57. The molecule has 0 saturated heterocycles. The van der Waals surface area contributed by atoms with Crippen LogP contribution in [0.25, 0.3) is 0 Å². The Balaban J connectivity index is 0.00000364. The highest BCUT2D eigenvalue weighted by Crippen LogP contribution is 2.18. The number of aliphatic imine (C=N–C) groups is 1. The van der Waals surface area contributed by atoms with E-state index in [0.717, 1.165) is 23.8 Å². The largest absolute Gasteiger partial charge is 0.354 e. The molecule has 0 spiro atoms. The number of benzene rings is 2. The number of nitrogens with zero attached hydrogens (tertiary/aromatic N) is 2. The Labute approximate surface area is 174 Å². The molecule has 0 aliphatic carbocycles. The van der Waals surface area contributed by atoms with E-state index < -0.39 is 11.6 Å². The van der Waals surface area contributed by atoms with Gasteiger partial charge in [0.15, 0.2) is 5.96 Å². The van der Waals surface area contributed by atoms with E-state index in [1.54, 1.807) is 13.1 Å². The minimum absolute atomic E-state index is 0. The molecule has 0 aromatic heterocycles. The molecule has 1 unspecified atom stereocenters. The van der Waals surface area contributed by atoms with Gasteiger partial charge in [0.05, 0.1) is 6.04 Å². The van der Waals surface area contributed by atoms with Crippen molar-refractivity contribution in [3.8, 4) is 0 Å². The van der Waals surface area contributed by atoms with Crippen molar-refractivity contribution in [1.82, 2.24) is 15.5 Å². The zero-order valence-electron chi connectivity index (χ0n) is 15.5. The summed E-state index contributed by atoms with van der Waals surface area (Å²) in [6.45, 7) is 0.553. The fraction of sp³-hybridized carbons (Fsp3) is 0.316. The molecule has 0 amide bonds. The van der Waals surface area contributed by atoms with Crippen molar-refractivity contribution >= 4 is 29.9 Å². The smallest absolute Gasteiger partial charge is 0.191 e. The highest BCUT2D eigenvalue weighted by Gasteiger charge is 2.15. The molecule has 2 rings (SSSR count). The monoisotopic (exact) mass is 492 g/mol. The minimum atomic E-state index is -0.495. The SMILES string of the molecule is CN=C(NCc1cc(F)ccc1F)NCC(c1cccc(F)c1)N(C)C.I. The van der Waals surface area contributed by atoms with E-state index in [0.29, 0.717) is 12.5 Å². The average molecular weight is 492 g/mol. The first-order valence-electron chi connectivity index (χ1n) is 8.21. The Morgan fingerprint density at radius 1 is 1.04 bits per heavy atom. The lowest BCUT2D eigenvalue weighted by Gasteiger charge is -2.26. The first-order valence-corrected chi connectivity index (χ1v) is 8.21. The van der Waals surface area contributed by atoms with Gasteiger partial charge in [0, 0.05) is 25.7 Å². The van der Waals surface area contributed by atoms with Crippen molar-refractivity contribution in [2.45, 2.75) is 12.6 Å². The molecule has 8 heteroatoms. The first kappa shape index (κ1) is 23.2. The Bertz CT molecular complexity index is 768. The van der Waals surface area contributed by atoms with Crippen LogP contribution in [0.2, 0.25) is 0 Å². The Morgan fingerprint density at radius 2 is 1.74 bits per heavy atom. The topological polar surface area (TPSA) is 39.7 Å². The van der Waals surface area contributed by atoms with E-state index in [2.05, 4.69) is 15.6 Å². The third-order valence-corrected chi connectivity index (χ3v) is 4.00. The predicted molar refractivity (Wildman–Crippen MR) is 113 cm³/mol. The van der Waals surface area contributed by atoms with Crippen LogP contribution in [0.5, 0.6) is 0 Å². The molecule has 4 nitrogen and oxygen atoms in total. The van der Waals surface area contributed by atoms with Crippen LogP contribution in [0, 0.1) is 17.5 Å². The van der Waals surface area contributed by atoms with E-state index in [4.69, 9.17) is 0 Å². The van der Waals surface area contributed by atoms with Gasteiger partial charge in [-0.1, -0.05) is 12.1 Å². The number of halogens is 4. The zero-order chi connectivity index (χ0) is 19.1. The maximum Gasteiger partial charge on any atom is 0.191 e. The lowest BCUT2D eigenvalue weighted by Crippen LogP contribution is -2.41. The summed E-state index contributed by atoms with van der Waals surface area (Å²) in [6.07, 6.45) is 0. The normalized spacial score (nSPS) is 12.5. The standard InChI is InChI=1S/C19H23F3N4.HI/c1-23-19(24-11-14-10-16(21)7-8-17(14)22)25-12-18(26(2)3)13-5-4-6-15(20)9-13;/h4-10,18H,11-12H2,1-3H3,(H2,23,24,25);1H. The number of rotatable bonds is 6. The van der Waals surface area contributed by atoms with Crippen LogP contribution < -0.4 is 10.6 Å². The van der Waals surface area contributed by atoms with Crippen LogP contribution in [0.3, 0.4) is 0 Å². The molecule has 0 radical (unpaired) electrons. The summed E-state index contributed by atoms with van der Waals surface area (Å²) >= 11 is 0. The second-order valence-electron chi connectivity index (χ2n) is 6.08. The van der Waals surface area contributed by atoms with Crippen molar-refractivity contribution in [1.29, 1.82) is 0 Å². The molecule has 0 saturated carbocycles. The van der Waals surface area contributed by atoms with Gasteiger partial charge in [-0.2, -0.15) is 0 Å². The fourth-order valence-electron chi connectivity index (χ4n) is 2.58. The molecular formula is C19H24F3IN4. The van der Waals surface area contributed by atoms with Gasteiger partial charge in [-0.05, 0) is 50.0 Å². The predicted octanol–water partition coefficient (Wildman–Crippen LogP) is 3.69. The van der Waals surface area contributed by atoms with Gasteiger partial charge in [0.1, 0.15) is 17.5 Å². The van der Waals surface area contributed by atoms with E-state index in [1.165, 1.54) is 12.1 Å². The molecule has 27 heavy (non-hydrogen) atoms. The van der Waals surface area contributed by atoms with Crippen LogP contribution in [0.1, 0.15) is 17.2 Å². The molecule has 0 bridgehead atoms. The van der Waals surface area contributed by atoms with Crippen LogP contribution in [0.4, 0.5) is 13.2 Å². The van der Waals surface area contributed by atoms with Gasteiger partial charge >= 0.3 is 0 Å². The van der Waals surface area contributed by atoms with Crippen LogP contribution in [-0.2, 0) is 6.54 Å². The molecule has 0 aliphatic rings. The maximum absolute atomic E-state index is 13.7. The summed E-state index contributed by atoms with van der Waals surface area (Å²) in [6, 6.07) is 9.64. The summed E-state index contributed by atoms with van der Waals surface area (Å²) < 4.78 is 40.4. The molecule has 0 aliphatic heterocycles. The summed E-state index contributed by atoms with van der Waals surface area (Å²) in [5.41, 5.74) is 1.04. The van der Waals surface area contributed by atoms with Gasteiger partial charge in [0.25, 0.3) is 0 Å². The molecule has 2 aromatic rings. The first-order chi connectivity index (χ1) is 12.4. The van der Waals surface area contributed by atoms with E-state index in [9.17, 15) is 13.2 Å². The van der Waals surface area contributed by atoms with Crippen LogP contribution in [-0.4, -0.2) is 38.5 Å². The minimum Gasteiger partial charge on any atom is -0.354 e.